The predicted molar refractivity (Wildman–Crippen MR) is 72.3 cm³/mol. The number of alkyl halides is 3. The summed E-state index contributed by atoms with van der Waals surface area (Å²) in [4.78, 5) is -0.874. The van der Waals surface area contributed by atoms with E-state index in [1.165, 1.54) is 5.56 Å². The maximum absolute atomic E-state index is 12.8. The number of hydrogen-bond donors (Lipinski definition) is 0. The van der Waals surface area contributed by atoms with Gasteiger partial charge in [0.2, 0.25) is 0 Å². The molecule has 0 aliphatic carbocycles. The quantitative estimate of drug-likeness (QED) is 0.632. The van der Waals surface area contributed by atoms with E-state index in [0.29, 0.717) is 11.5 Å². The summed E-state index contributed by atoms with van der Waals surface area (Å²) in [6.07, 6.45) is -2.38. The lowest BCUT2D eigenvalue weighted by Crippen LogP contribution is -2.07. The number of rotatable bonds is 4. The summed E-state index contributed by atoms with van der Waals surface area (Å²) in [6, 6.07) is 5.83. The third-order valence-corrected chi connectivity index (χ3v) is 3.81. The highest BCUT2D eigenvalue weighted by molar-refractivity contribution is 9.09. The van der Waals surface area contributed by atoms with Gasteiger partial charge in [0, 0.05) is 0 Å². The van der Waals surface area contributed by atoms with E-state index in [2.05, 4.69) is 35.8 Å². The van der Waals surface area contributed by atoms with Gasteiger partial charge in [0.15, 0.2) is 0 Å². The molecule has 0 aliphatic rings. The lowest BCUT2D eigenvalue weighted by atomic mass is 9.90. The van der Waals surface area contributed by atoms with Crippen molar-refractivity contribution in [1.29, 1.82) is 0 Å². The van der Waals surface area contributed by atoms with Crippen molar-refractivity contribution in [1.82, 2.24) is 0 Å². The molecule has 17 heavy (non-hydrogen) atoms. The third kappa shape index (κ3) is 3.51. The number of halogens is 3. The molecule has 96 valence electrons. The Morgan fingerprint density at radius 1 is 0.941 bits per heavy atom. The van der Waals surface area contributed by atoms with E-state index >= 15 is 0 Å². The van der Waals surface area contributed by atoms with Gasteiger partial charge in [-0.2, -0.15) is 0 Å². The molecule has 1 unspecified atom stereocenters. The Morgan fingerprint density at radius 3 is 1.94 bits per heavy atom. The summed E-state index contributed by atoms with van der Waals surface area (Å²) in [7, 11) is 0. The van der Waals surface area contributed by atoms with Crippen LogP contribution in [0.25, 0.3) is 0 Å². The highest BCUT2D eigenvalue weighted by Crippen LogP contribution is 2.36. The molecule has 0 aromatic heterocycles. The van der Waals surface area contributed by atoms with Crippen molar-refractivity contribution in [3.63, 3.8) is 0 Å². The minimum absolute atomic E-state index is 0.252. The summed E-state index contributed by atoms with van der Waals surface area (Å²) >= 11 is 3.08. The van der Waals surface area contributed by atoms with Crippen molar-refractivity contribution in [2.45, 2.75) is 50.8 Å². The molecule has 0 saturated heterocycles. The summed E-state index contributed by atoms with van der Waals surface area (Å²) in [5.74, 6) is 0.671. The maximum Gasteiger partial charge on any atom is 0.255 e. The molecule has 0 amide bonds. The SMILES string of the molecule is CC(C)c1ccc(C(Br)C(F)F)c(C(C)C)c1. The van der Waals surface area contributed by atoms with E-state index in [4.69, 9.17) is 0 Å². The molecule has 1 rings (SSSR count). The van der Waals surface area contributed by atoms with Crippen molar-refractivity contribution in [2.75, 3.05) is 0 Å². The zero-order chi connectivity index (χ0) is 13.2. The fraction of sp³-hybridized carbons (Fsp3) is 0.571. The zero-order valence-corrected chi connectivity index (χ0v) is 12.3. The van der Waals surface area contributed by atoms with Gasteiger partial charge in [-0.05, 0) is 28.5 Å². The van der Waals surface area contributed by atoms with Gasteiger partial charge in [0.05, 0.1) is 0 Å². The Hall–Kier alpha value is -0.440. The molecule has 0 bridgehead atoms. The van der Waals surface area contributed by atoms with E-state index in [1.54, 1.807) is 0 Å². The molecule has 3 heteroatoms. The van der Waals surface area contributed by atoms with Crippen LogP contribution in [-0.2, 0) is 0 Å². The minimum atomic E-state index is -2.38. The maximum atomic E-state index is 12.8. The Labute approximate surface area is 111 Å². The molecular formula is C14H19BrF2. The molecule has 0 heterocycles. The molecule has 0 fully saturated rings. The van der Waals surface area contributed by atoms with Gasteiger partial charge in [0.1, 0.15) is 4.83 Å². The second-order valence-electron chi connectivity index (χ2n) is 4.93. The second kappa shape index (κ2) is 5.94. The molecular weight excluding hydrogens is 286 g/mol. The molecule has 0 radical (unpaired) electrons. The van der Waals surface area contributed by atoms with Gasteiger partial charge in [-0.15, -0.1) is 0 Å². The van der Waals surface area contributed by atoms with E-state index in [-0.39, 0.29) is 5.92 Å². The van der Waals surface area contributed by atoms with Crippen LogP contribution in [0.3, 0.4) is 0 Å². The second-order valence-corrected chi connectivity index (χ2v) is 5.92. The molecule has 0 saturated carbocycles. The first-order valence-electron chi connectivity index (χ1n) is 5.90. The smallest absolute Gasteiger partial charge is 0.209 e. The highest BCUT2D eigenvalue weighted by Gasteiger charge is 2.23. The van der Waals surface area contributed by atoms with Crippen LogP contribution in [0, 0.1) is 0 Å². The standard InChI is InChI=1S/C14H19BrF2/c1-8(2)10-5-6-11(13(15)14(16)17)12(7-10)9(3)4/h5-9,13-14H,1-4H3. The molecule has 1 aromatic rings. The van der Waals surface area contributed by atoms with E-state index in [1.807, 2.05) is 26.0 Å². The Morgan fingerprint density at radius 2 is 1.53 bits per heavy atom. The average Bonchev–Trinajstić information content (AvgIpc) is 2.26. The summed E-state index contributed by atoms with van der Waals surface area (Å²) < 4.78 is 25.5. The van der Waals surface area contributed by atoms with Gasteiger partial charge >= 0.3 is 0 Å². The summed E-state index contributed by atoms with van der Waals surface area (Å²) in [5.41, 5.74) is 2.92. The normalized spacial score (nSPS) is 13.8. The zero-order valence-electron chi connectivity index (χ0n) is 10.7. The number of hydrogen-bond acceptors (Lipinski definition) is 0. The van der Waals surface area contributed by atoms with Gasteiger partial charge < -0.3 is 0 Å². The predicted octanol–water partition coefficient (Wildman–Crippen LogP) is 5.63. The van der Waals surface area contributed by atoms with Crippen LogP contribution in [0.1, 0.15) is 61.0 Å². The topological polar surface area (TPSA) is 0 Å². The van der Waals surface area contributed by atoms with Crippen LogP contribution >= 0.6 is 15.9 Å². The lowest BCUT2D eigenvalue weighted by molar-refractivity contribution is 0.147. The van der Waals surface area contributed by atoms with Crippen LogP contribution < -0.4 is 0 Å². The van der Waals surface area contributed by atoms with Crippen molar-refractivity contribution in [3.8, 4) is 0 Å². The van der Waals surface area contributed by atoms with Crippen molar-refractivity contribution < 1.29 is 8.78 Å². The Balaban J connectivity index is 3.22. The molecule has 0 N–H and O–H groups in total. The van der Waals surface area contributed by atoms with E-state index in [9.17, 15) is 8.78 Å². The van der Waals surface area contributed by atoms with Crippen molar-refractivity contribution in [3.05, 3.63) is 34.9 Å². The minimum Gasteiger partial charge on any atom is -0.209 e. The van der Waals surface area contributed by atoms with Gasteiger partial charge in [-0.3, -0.25) is 0 Å². The van der Waals surface area contributed by atoms with Gasteiger partial charge in [-0.1, -0.05) is 61.8 Å². The van der Waals surface area contributed by atoms with E-state index in [0.717, 1.165) is 5.56 Å². The first kappa shape index (κ1) is 14.6. The number of benzene rings is 1. The van der Waals surface area contributed by atoms with Crippen LogP contribution in [0.2, 0.25) is 0 Å². The summed E-state index contributed by atoms with van der Waals surface area (Å²) in [6.45, 7) is 8.29. The largest absolute Gasteiger partial charge is 0.255 e. The molecule has 0 aliphatic heterocycles. The first-order valence-corrected chi connectivity index (χ1v) is 6.82. The van der Waals surface area contributed by atoms with Crippen molar-refractivity contribution >= 4 is 15.9 Å². The van der Waals surface area contributed by atoms with Crippen LogP contribution in [-0.4, -0.2) is 6.43 Å². The van der Waals surface area contributed by atoms with Gasteiger partial charge in [-0.25, -0.2) is 8.78 Å². The lowest BCUT2D eigenvalue weighted by Gasteiger charge is -2.19. The average molecular weight is 305 g/mol. The molecule has 1 atom stereocenters. The third-order valence-electron chi connectivity index (χ3n) is 2.92. The van der Waals surface area contributed by atoms with Crippen LogP contribution in [0.4, 0.5) is 8.78 Å². The molecule has 0 nitrogen and oxygen atoms in total. The highest BCUT2D eigenvalue weighted by atomic mass is 79.9. The van der Waals surface area contributed by atoms with Crippen molar-refractivity contribution in [2.24, 2.45) is 0 Å². The molecule has 0 spiro atoms. The van der Waals surface area contributed by atoms with Crippen LogP contribution in [0.5, 0.6) is 0 Å². The fourth-order valence-electron chi connectivity index (χ4n) is 1.84. The fourth-order valence-corrected chi connectivity index (χ4v) is 2.26. The van der Waals surface area contributed by atoms with Gasteiger partial charge in [0.25, 0.3) is 6.43 Å². The van der Waals surface area contributed by atoms with Crippen LogP contribution in [0.15, 0.2) is 18.2 Å². The monoisotopic (exact) mass is 304 g/mol. The Bertz CT molecular complexity index is 372. The Kier molecular flexibility index (Phi) is 5.11. The molecule has 1 aromatic carbocycles. The van der Waals surface area contributed by atoms with E-state index < -0.39 is 11.3 Å². The first-order chi connectivity index (χ1) is 7.84. The summed E-state index contributed by atoms with van der Waals surface area (Å²) in [5, 5.41) is 0.